The van der Waals surface area contributed by atoms with Crippen LogP contribution in [0.4, 0.5) is 0 Å². The largest absolute Gasteiger partial charge is 0.486 e. The minimum Gasteiger partial charge on any atom is -0.486 e. The Bertz CT molecular complexity index is 1320. The van der Waals surface area contributed by atoms with Gasteiger partial charge in [0.25, 0.3) is 0 Å². The predicted molar refractivity (Wildman–Crippen MR) is 143 cm³/mol. The Kier molecular flexibility index (Phi) is 8.40. The molecule has 3 aromatic carbocycles. The second-order valence-corrected chi connectivity index (χ2v) is 10.1. The SMILES string of the molecule is CC(=O)OCCOc1ccc2c(c1OCCOC(C)=O)Sc1ccccc1C21OCC(c2ccccc2)CO1. The first-order valence-electron chi connectivity index (χ1n) is 12.8. The molecule has 2 aliphatic rings. The maximum atomic E-state index is 11.3. The molecule has 39 heavy (non-hydrogen) atoms. The van der Waals surface area contributed by atoms with E-state index in [9.17, 15) is 9.59 Å². The van der Waals surface area contributed by atoms with Crippen LogP contribution in [0.1, 0.15) is 36.5 Å². The normalized spacial score (nSPS) is 19.5. The van der Waals surface area contributed by atoms with Gasteiger partial charge < -0.3 is 28.4 Å². The predicted octanol–water partition coefficient (Wildman–Crippen LogP) is 5.07. The van der Waals surface area contributed by atoms with Crippen LogP contribution in [0, 0.1) is 0 Å². The highest BCUT2D eigenvalue weighted by atomic mass is 32.2. The minimum absolute atomic E-state index is 0.0873. The number of esters is 2. The summed E-state index contributed by atoms with van der Waals surface area (Å²) in [6, 6.07) is 21.9. The van der Waals surface area contributed by atoms with Crippen LogP contribution in [0.15, 0.2) is 76.5 Å². The zero-order valence-corrected chi connectivity index (χ0v) is 22.7. The monoisotopic (exact) mass is 550 g/mol. The standard InChI is InChI=1S/C30H30O8S/c1-20(31)33-14-16-35-26-13-12-25-29(28(26)36-17-15-34-21(2)32)39-27-11-7-6-10-24(27)30(25)37-18-23(19-38-30)22-8-4-3-5-9-22/h3-13,23H,14-19H2,1-2H3. The third kappa shape index (κ3) is 5.90. The molecule has 0 unspecified atom stereocenters. The van der Waals surface area contributed by atoms with Crippen molar-refractivity contribution < 1.29 is 38.0 Å². The fourth-order valence-electron chi connectivity index (χ4n) is 4.66. The molecule has 0 saturated carbocycles. The molecule has 0 aromatic heterocycles. The maximum absolute atomic E-state index is 11.3. The van der Waals surface area contributed by atoms with Crippen molar-refractivity contribution in [1.29, 1.82) is 0 Å². The van der Waals surface area contributed by atoms with Crippen molar-refractivity contribution in [3.8, 4) is 11.5 Å². The number of hydrogen-bond acceptors (Lipinski definition) is 9. The molecule has 0 N–H and O–H groups in total. The van der Waals surface area contributed by atoms with Crippen LogP contribution >= 0.6 is 11.8 Å². The number of benzene rings is 3. The van der Waals surface area contributed by atoms with Crippen molar-refractivity contribution in [1.82, 2.24) is 0 Å². The van der Waals surface area contributed by atoms with E-state index >= 15 is 0 Å². The van der Waals surface area contributed by atoms with Crippen LogP contribution in [-0.2, 0) is 34.3 Å². The Morgan fingerprint density at radius 2 is 1.44 bits per heavy atom. The lowest BCUT2D eigenvalue weighted by Crippen LogP contribution is -2.44. The maximum Gasteiger partial charge on any atom is 0.302 e. The van der Waals surface area contributed by atoms with E-state index in [0.717, 1.165) is 26.5 Å². The lowest BCUT2D eigenvalue weighted by Gasteiger charge is -2.44. The van der Waals surface area contributed by atoms with Crippen LogP contribution in [0.25, 0.3) is 0 Å². The number of carbonyl (C=O) groups is 2. The minimum atomic E-state index is -1.12. The highest BCUT2D eigenvalue weighted by molar-refractivity contribution is 7.99. The summed E-state index contributed by atoms with van der Waals surface area (Å²) in [4.78, 5) is 24.2. The van der Waals surface area contributed by atoms with E-state index in [2.05, 4.69) is 12.1 Å². The average Bonchev–Trinajstić information content (AvgIpc) is 2.95. The summed E-state index contributed by atoms with van der Waals surface area (Å²) in [5.41, 5.74) is 2.91. The van der Waals surface area contributed by atoms with Crippen molar-refractivity contribution in [3.63, 3.8) is 0 Å². The summed E-state index contributed by atoms with van der Waals surface area (Å²) >= 11 is 1.54. The van der Waals surface area contributed by atoms with E-state index in [1.807, 2.05) is 48.5 Å². The molecule has 2 aliphatic heterocycles. The zero-order valence-electron chi connectivity index (χ0n) is 21.8. The van der Waals surface area contributed by atoms with Crippen LogP contribution in [0.3, 0.4) is 0 Å². The molecule has 9 heteroatoms. The Morgan fingerprint density at radius 3 is 2.13 bits per heavy atom. The molecule has 0 radical (unpaired) electrons. The van der Waals surface area contributed by atoms with E-state index in [1.54, 1.807) is 6.07 Å². The molecule has 204 valence electrons. The molecular formula is C30H30O8S. The van der Waals surface area contributed by atoms with E-state index in [4.69, 9.17) is 28.4 Å². The topological polar surface area (TPSA) is 89.5 Å². The van der Waals surface area contributed by atoms with Gasteiger partial charge in [-0.2, -0.15) is 0 Å². The van der Waals surface area contributed by atoms with Gasteiger partial charge in [-0.05, 0) is 23.8 Å². The van der Waals surface area contributed by atoms with Crippen molar-refractivity contribution >= 4 is 23.7 Å². The van der Waals surface area contributed by atoms with Gasteiger partial charge in [-0.1, -0.05) is 60.3 Å². The van der Waals surface area contributed by atoms with Gasteiger partial charge in [-0.3, -0.25) is 9.59 Å². The van der Waals surface area contributed by atoms with Gasteiger partial charge >= 0.3 is 11.9 Å². The summed E-state index contributed by atoms with van der Waals surface area (Å²) in [6.07, 6.45) is 0. The van der Waals surface area contributed by atoms with Crippen molar-refractivity contribution in [2.45, 2.75) is 35.3 Å². The van der Waals surface area contributed by atoms with Gasteiger partial charge in [0.2, 0.25) is 5.79 Å². The Balaban J connectivity index is 1.49. The third-order valence-corrected chi connectivity index (χ3v) is 7.60. The molecule has 8 nitrogen and oxygen atoms in total. The van der Waals surface area contributed by atoms with Gasteiger partial charge in [0, 0.05) is 35.8 Å². The Hall–Kier alpha value is -3.53. The van der Waals surface area contributed by atoms with Crippen molar-refractivity contribution in [3.05, 3.63) is 83.4 Å². The van der Waals surface area contributed by atoms with Gasteiger partial charge in [0.15, 0.2) is 11.5 Å². The Morgan fingerprint density at radius 1 is 0.795 bits per heavy atom. The smallest absolute Gasteiger partial charge is 0.302 e. The molecule has 0 atom stereocenters. The molecule has 0 bridgehead atoms. The summed E-state index contributed by atoms with van der Waals surface area (Å²) in [5.74, 6) is -0.817. The number of carbonyl (C=O) groups excluding carboxylic acids is 2. The highest BCUT2D eigenvalue weighted by Crippen LogP contribution is 2.56. The second kappa shape index (κ2) is 12.1. The molecule has 5 rings (SSSR count). The Labute approximate surface area is 231 Å². The lowest BCUT2D eigenvalue weighted by atomic mass is 9.92. The molecular weight excluding hydrogens is 520 g/mol. The molecule has 2 heterocycles. The van der Waals surface area contributed by atoms with E-state index in [1.165, 1.54) is 25.6 Å². The van der Waals surface area contributed by atoms with Crippen LogP contribution < -0.4 is 9.47 Å². The molecule has 3 aromatic rings. The van der Waals surface area contributed by atoms with Crippen LogP contribution in [-0.4, -0.2) is 51.6 Å². The number of rotatable bonds is 9. The van der Waals surface area contributed by atoms with E-state index < -0.39 is 5.79 Å². The first-order chi connectivity index (χ1) is 19.0. The zero-order chi connectivity index (χ0) is 27.2. The molecule has 1 spiro atoms. The summed E-state index contributed by atoms with van der Waals surface area (Å²) < 4.78 is 35.5. The van der Waals surface area contributed by atoms with Crippen molar-refractivity contribution in [2.24, 2.45) is 0 Å². The fraction of sp³-hybridized carbons (Fsp3) is 0.333. The second-order valence-electron chi connectivity index (χ2n) is 9.09. The third-order valence-electron chi connectivity index (χ3n) is 6.41. The average molecular weight is 551 g/mol. The fourth-order valence-corrected chi connectivity index (χ4v) is 5.90. The first kappa shape index (κ1) is 27.1. The lowest BCUT2D eigenvalue weighted by molar-refractivity contribution is -0.259. The molecule has 1 fully saturated rings. The quantitative estimate of drug-likeness (QED) is 0.268. The highest BCUT2D eigenvalue weighted by Gasteiger charge is 2.48. The van der Waals surface area contributed by atoms with Gasteiger partial charge in [-0.25, -0.2) is 0 Å². The van der Waals surface area contributed by atoms with Gasteiger partial charge in [-0.15, -0.1) is 0 Å². The molecule has 0 amide bonds. The summed E-state index contributed by atoms with van der Waals surface area (Å²) in [7, 11) is 0. The summed E-state index contributed by atoms with van der Waals surface area (Å²) in [5, 5.41) is 0. The first-order valence-corrected chi connectivity index (χ1v) is 13.6. The van der Waals surface area contributed by atoms with E-state index in [0.29, 0.717) is 24.7 Å². The van der Waals surface area contributed by atoms with Gasteiger partial charge in [0.05, 0.1) is 18.1 Å². The van der Waals surface area contributed by atoms with Crippen molar-refractivity contribution in [2.75, 3.05) is 39.6 Å². The number of hydrogen-bond donors (Lipinski definition) is 0. The van der Waals surface area contributed by atoms with Crippen LogP contribution in [0.5, 0.6) is 11.5 Å². The molecule has 1 saturated heterocycles. The number of fused-ring (bicyclic) bond motifs is 4. The van der Waals surface area contributed by atoms with Crippen LogP contribution in [0.2, 0.25) is 0 Å². The number of ether oxygens (including phenoxy) is 6. The van der Waals surface area contributed by atoms with Gasteiger partial charge in [0.1, 0.15) is 26.4 Å². The van der Waals surface area contributed by atoms with E-state index in [-0.39, 0.29) is 44.3 Å². The summed E-state index contributed by atoms with van der Waals surface area (Å²) in [6.45, 7) is 4.13. The molecule has 0 aliphatic carbocycles.